The van der Waals surface area contributed by atoms with Gasteiger partial charge >= 0.3 is 0 Å². The highest BCUT2D eigenvalue weighted by molar-refractivity contribution is 5.24. The summed E-state index contributed by atoms with van der Waals surface area (Å²) < 4.78 is 0. The molecule has 1 atom stereocenters. The fourth-order valence-corrected chi connectivity index (χ4v) is 6.30. The summed E-state index contributed by atoms with van der Waals surface area (Å²) in [7, 11) is 2.19. The average molecular weight is 283 g/mol. The highest BCUT2D eigenvalue weighted by Gasteiger charge is 2.53. The Morgan fingerprint density at radius 1 is 1.10 bits per heavy atom. The molecule has 0 spiro atoms. The van der Waals surface area contributed by atoms with Crippen molar-refractivity contribution in [3.05, 3.63) is 35.4 Å². The number of hydrogen-bond acceptors (Lipinski definition) is 1. The minimum Gasteiger partial charge on any atom is -0.316 e. The number of nitrogens with one attached hydrogen (secondary N) is 1. The molecule has 4 aliphatic carbocycles. The molecular formula is C20H29N. The van der Waals surface area contributed by atoms with Crippen molar-refractivity contribution >= 4 is 0 Å². The van der Waals surface area contributed by atoms with Crippen LogP contribution in [0.1, 0.15) is 49.7 Å². The van der Waals surface area contributed by atoms with Crippen LogP contribution >= 0.6 is 0 Å². The van der Waals surface area contributed by atoms with Crippen LogP contribution in [0.15, 0.2) is 24.3 Å². The van der Waals surface area contributed by atoms with Crippen LogP contribution in [0.3, 0.4) is 0 Å². The third-order valence-electron chi connectivity index (χ3n) is 6.70. The second-order valence-corrected chi connectivity index (χ2v) is 8.31. The maximum Gasteiger partial charge on any atom is 0.0161 e. The first kappa shape index (κ1) is 13.8. The van der Waals surface area contributed by atoms with E-state index in [9.17, 15) is 0 Å². The van der Waals surface area contributed by atoms with Crippen molar-refractivity contribution in [2.75, 3.05) is 7.05 Å². The molecule has 21 heavy (non-hydrogen) atoms. The van der Waals surface area contributed by atoms with Crippen molar-refractivity contribution in [2.45, 2.75) is 57.9 Å². The van der Waals surface area contributed by atoms with Crippen LogP contribution < -0.4 is 5.32 Å². The lowest BCUT2D eigenvalue weighted by Crippen LogP contribution is -2.56. The van der Waals surface area contributed by atoms with Crippen LogP contribution in [0.4, 0.5) is 0 Å². The SMILES string of the molecule is CNC(Cc1cccc(C)c1)C12CC3CC(CC(C3)C1)C2. The van der Waals surface area contributed by atoms with Crippen molar-refractivity contribution in [2.24, 2.45) is 23.2 Å². The van der Waals surface area contributed by atoms with Gasteiger partial charge in [0.15, 0.2) is 0 Å². The Labute approximate surface area is 129 Å². The molecule has 0 amide bonds. The van der Waals surface area contributed by atoms with E-state index in [1.54, 1.807) is 19.3 Å². The Morgan fingerprint density at radius 3 is 2.24 bits per heavy atom. The third kappa shape index (κ3) is 2.44. The molecule has 5 rings (SSSR count). The van der Waals surface area contributed by atoms with E-state index >= 15 is 0 Å². The molecule has 4 aliphatic rings. The summed E-state index contributed by atoms with van der Waals surface area (Å²) in [4.78, 5) is 0. The zero-order valence-electron chi connectivity index (χ0n) is 13.6. The molecule has 0 aromatic heterocycles. The molecule has 1 nitrogen and oxygen atoms in total. The molecule has 4 fully saturated rings. The number of likely N-dealkylation sites (N-methyl/N-ethyl adjacent to an activating group) is 1. The van der Waals surface area contributed by atoms with Gasteiger partial charge in [-0.25, -0.2) is 0 Å². The Balaban J connectivity index is 1.58. The number of benzene rings is 1. The third-order valence-corrected chi connectivity index (χ3v) is 6.70. The lowest BCUT2D eigenvalue weighted by Gasteiger charge is -2.59. The fourth-order valence-electron chi connectivity index (χ4n) is 6.30. The Morgan fingerprint density at radius 2 is 1.71 bits per heavy atom. The van der Waals surface area contributed by atoms with Gasteiger partial charge in [0.05, 0.1) is 0 Å². The van der Waals surface area contributed by atoms with Gasteiger partial charge in [-0.1, -0.05) is 29.8 Å². The fraction of sp³-hybridized carbons (Fsp3) is 0.700. The Bertz CT molecular complexity index is 483. The smallest absolute Gasteiger partial charge is 0.0161 e. The zero-order chi connectivity index (χ0) is 14.4. The van der Waals surface area contributed by atoms with E-state index < -0.39 is 0 Å². The molecule has 1 heteroatoms. The standard InChI is InChI=1S/C20H29N/c1-14-4-3-5-15(6-14)10-19(21-2)20-11-16-7-17(12-20)9-18(8-16)13-20/h3-6,16-19,21H,7-13H2,1-2H3. The maximum atomic E-state index is 3.73. The van der Waals surface area contributed by atoms with Gasteiger partial charge in [0.25, 0.3) is 0 Å². The zero-order valence-corrected chi connectivity index (χ0v) is 13.6. The summed E-state index contributed by atoms with van der Waals surface area (Å²) in [6.07, 6.45) is 10.3. The Hall–Kier alpha value is -0.820. The number of aryl methyl sites for hydroxylation is 1. The monoisotopic (exact) mass is 283 g/mol. The summed E-state index contributed by atoms with van der Waals surface area (Å²) in [5, 5.41) is 3.73. The summed E-state index contributed by atoms with van der Waals surface area (Å²) in [6.45, 7) is 2.21. The first-order valence-electron chi connectivity index (χ1n) is 8.90. The van der Waals surface area contributed by atoms with Crippen LogP contribution in [0.25, 0.3) is 0 Å². The molecule has 0 heterocycles. The normalized spacial score (nSPS) is 38.7. The minimum atomic E-state index is 0.604. The molecule has 4 bridgehead atoms. The van der Waals surface area contributed by atoms with Gasteiger partial charge in [-0.2, -0.15) is 0 Å². The van der Waals surface area contributed by atoms with Crippen molar-refractivity contribution in [3.63, 3.8) is 0 Å². The van der Waals surface area contributed by atoms with Crippen LogP contribution in [0.2, 0.25) is 0 Å². The minimum absolute atomic E-state index is 0.604. The van der Waals surface area contributed by atoms with Crippen molar-refractivity contribution in [3.8, 4) is 0 Å². The maximum absolute atomic E-state index is 3.73. The van der Waals surface area contributed by atoms with Crippen LogP contribution in [-0.4, -0.2) is 13.1 Å². The molecule has 0 radical (unpaired) electrons. The van der Waals surface area contributed by atoms with Crippen LogP contribution in [-0.2, 0) is 6.42 Å². The van der Waals surface area contributed by atoms with E-state index in [0.717, 1.165) is 17.8 Å². The van der Waals surface area contributed by atoms with Gasteiger partial charge in [0.2, 0.25) is 0 Å². The van der Waals surface area contributed by atoms with E-state index in [4.69, 9.17) is 0 Å². The van der Waals surface area contributed by atoms with Gasteiger partial charge in [-0.15, -0.1) is 0 Å². The van der Waals surface area contributed by atoms with E-state index in [0.29, 0.717) is 11.5 Å². The van der Waals surface area contributed by atoms with Gasteiger partial charge in [-0.3, -0.25) is 0 Å². The van der Waals surface area contributed by atoms with Crippen LogP contribution in [0.5, 0.6) is 0 Å². The van der Waals surface area contributed by atoms with E-state index in [1.165, 1.54) is 36.8 Å². The molecule has 4 saturated carbocycles. The van der Waals surface area contributed by atoms with Gasteiger partial charge in [-0.05, 0) is 87.6 Å². The largest absolute Gasteiger partial charge is 0.316 e. The number of hydrogen-bond donors (Lipinski definition) is 1. The molecule has 1 N–H and O–H groups in total. The first-order valence-corrected chi connectivity index (χ1v) is 8.90. The predicted octanol–water partition coefficient (Wildman–Crippen LogP) is 4.34. The second kappa shape index (κ2) is 5.12. The summed E-state index contributed by atoms with van der Waals surface area (Å²) in [6, 6.07) is 9.80. The predicted molar refractivity (Wildman–Crippen MR) is 88.3 cm³/mol. The van der Waals surface area contributed by atoms with Gasteiger partial charge < -0.3 is 5.32 Å². The number of rotatable bonds is 4. The average Bonchev–Trinajstić information content (AvgIpc) is 2.43. The Kier molecular flexibility index (Phi) is 3.37. The summed E-state index contributed by atoms with van der Waals surface area (Å²) in [5.41, 5.74) is 3.52. The highest BCUT2D eigenvalue weighted by Crippen LogP contribution is 2.61. The molecule has 0 saturated heterocycles. The molecule has 0 aliphatic heterocycles. The van der Waals surface area contributed by atoms with E-state index in [1.807, 2.05) is 0 Å². The highest BCUT2D eigenvalue weighted by atomic mass is 14.9. The van der Waals surface area contributed by atoms with E-state index in [-0.39, 0.29) is 0 Å². The molecular weight excluding hydrogens is 254 g/mol. The van der Waals surface area contributed by atoms with Gasteiger partial charge in [0, 0.05) is 6.04 Å². The van der Waals surface area contributed by atoms with Crippen molar-refractivity contribution in [1.82, 2.24) is 5.32 Å². The van der Waals surface area contributed by atoms with Crippen LogP contribution in [0, 0.1) is 30.1 Å². The molecule has 1 aromatic rings. The molecule has 1 unspecified atom stereocenters. The first-order chi connectivity index (χ1) is 10.2. The van der Waals surface area contributed by atoms with E-state index in [2.05, 4.69) is 43.6 Å². The quantitative estimate of drug-likeness (QED) is 0.866. The molecule has 114 valence electrons. The van der Waals surface area contributed by atoms with Crippen molar-refractivity contribution < 1.29 is 0 Å². The summed E-state index contributed by atoms with van der Waals surface area (Å²) >= 11 is 0. The topological polar surface area (TPSA) is 12.0 Å². The van der Waals surface area contributed by atoms with Crippen molar-refractivity contribution in [1.29, 1.82) is 0 Å². The lowest BCUT2D eigenvalue weighted by atomic mass is 9.47. The summed E-state index contributed by atoms with van der Waals surface area (Å²) in [5.74, 6) is 3.14. The second-order valence-electron chi connectivity index (χ2n) is 8.31. The molecule has 1 aromatic carbocycles. The van der Waals surface area contributed by atoms with Gasteiger partial charge in [0.1, 0.15) is 0 Å². The lowest BCUT2D eigenvalue weighted by molar-refractivity contribution is -0.0724.